The average molecular weight is 340 g/mol. The minimum atomic E-state index is 0.104. The Morgan fingerprint density at radius 3 is 2.80 bits per heavy atom. The van der Waals surface area contributed by atoms with Crippen molar-refractivity contribution >= 4 is 5.91 Å². The number of aromatic nitrogens is 3. The third kappa shape index (κ3) is 3.22. The van der Waals surface area contributed by atoms with Gasteiger partial charge in [-0.3, -0.25) is 4.79 Å². The number of amides is 1. The molecule has 6 heteroatoms. The van der Waals surface area contributed by atoms with Crippen LogP contribution in [0.3, 0.4) is 0 Å². The molecule has 0 spiro atoms. The zero-order valence-electron chi connectivity index (χ0n) is 14.6. The first-order valence-electron chi connectivity index (χ1n) is 9.45. The molecule has 0 saturated heterocycles. The molecule has 0 N–H and O–H groups in total. The molecule has 3 aliphatic carbocycles. The zero-order chi connectivity index (χ0) is 17.0. The maximum absolute atomic E-state index is 12.8. The third-order valence-electron chi connectivity index (χ3n) is 5.64. The van der Waals surface area contributed by atoms with Gasteiger partial charge in [0.25, 0.3) is 0 Å². The van der Waals surface area contributed by atoms with E-state index in [1.54, 1.807) is 4.68 Å². The number of furan rings is 1. The summed E-state index contributed by atoms with van der Waals surface area (Å²) < 4.78 is 7.69. The van der Waals surface area contributed by atoms with Gasteiger partial charge in [-0.15, -0.1) is 5.10 Å². The molecule has 0 radical (unpaired) electrons. The number of rotatable bonds is 7. The van der Waals surface area contributed by atoms with Crippen molar-refractivity contribution in [1.82, 2.24) is 19.9 Å². The van der Waals surface area contributed by atoms with E-state index in [0.29, 0.717) is 24.4 Å². The lowest BCUT2D eigenvalue weighted by Crippen LogP contribution is -2.35. The van der Waals surface area contributed by atoms with Crippen molar-refractivity contribution in [3.63, 3.8) is 0 Å². The van der Waals surface area contributed by atoms with Crippen LogP contribution >= 0.6 is 0 Å². The summed E-state index contributed by atoms with van der Waals surface area (Å²) in [6.45, 7) is 3.08. The highest BCUT2D eigenvalue weighted by Gasteiger charge is 2.37. The van der Waals surface area contributed by atoms with E-state index in [1.165, 1.54) is 19.3 Å². The molecule has 5 rings (SSSR count). The van der Waals surface area contributed by atoms with Gasteiger partial charge in [-0.1, -0.05) is 12.1 Å². The van der Waals surface area contributed by atoms with E-state index in [4.69, 9.17) is 4.42 Å². The standard InChI is InChI=1S/C19H24N4O2/c1-12-8-16(12)18-7-6-15(25-18)9-23(14-4-5-14)19(24)11-22-10-17(20-21-22)13-2-3-13/h6-7,10,12-14,16H,2-5,8-9,11H2,1H3/t12-,16-/m1/s1. The molecule has 3 fully saturated rings. The first-order chi connectivity index (χ1) is 12.2. The number of hydrogen-bond donors (Lipinski definition) is 0. The molecular formula is C19H24N4O2. The molecule has 2 aromatic rings. The Balaban J connectivity index is 1.25. The van der Waals surface area contributed by atoms with Gasteiger partial charge in [-0.05, 0) is 50.2 Å². The van der Waals surface area contributed by atoms with Crippen LogP contribution in [0.15, 0.2) is 22.7 Å². The second-order valence-corrected chi connectivity index (χ2v) is 7.99. The predicted molar refractivity (Wildman–Crippen MR) is 90.8 cm³/mol. The van der Waals surface area contributed by atoms with Crippen LogP contribution in [0.25, 0.3) is 0 Å². The molecule has 0 bridgehead atoms. The van der Waals surface area contributed by atoms with Gasteiger partial charge in [-0.25, -0.2) is 4.68 Å². The van der Waals surface area contributed by atoms with Crippen LogP contribution in [0.1, 0.15) is 68.1 Å². The normalized spacial score (nSPS) is 25.2. The monoisotopic (exact) mass is 340 g/mol. The van der Waals surface area contributed by atoms with Crippen LogP contribution in [0.5, 0.6) is 0 Å². The molecule has 2 aromatic heterocycles. The Kier molecular flexibility index (Phi) is 3.47. The first kappa shape index (κ1) is 15.2. The topological polar surface area (TPSA) is 64.2 Å². The molecule has 0 aliphatic heterocycles. The van der Waals surface area contributed by atoms with Crippen LogP contribution < -0.4 is 0 Å². The van der Waals surface area contributed by atoms with Crippen LogP contribution in [-0.4, -0.2) is 31.8 Å². The minimum Gasteiger partial charge on any atom is -0.464 e. The second-order valence-electron chi connectivity index (χ2n) is 7.99. The summed E-state index contributed by atoms with van der Waals surface area (Å²) in [7, 11) is 0. The van der Waals surface area contributed by atoms with Crippen molar-refractivity contribution in [2.45, 2.75) is 70.0 Å². The average Bonchev–Trinajstić information content (AvgIpc) is 3.53. The van der Waals surface area contributed by atoms with Crippen molar-refractivity contribution in [2.24, 2.45) is 5.92 Å². The summed E-state index contributed by atoms with van der Waals surface area (Å²) in [6.07, 6.45) is 7.71. The Morgan fingerprint density at radius 2 is 2.12 bits per heavy atom. The quantitative estimate of drug-likeness (QED) is 0.777. The summed E-state index contributed by atoms with van der Waals surface area (Å²) >= 11 is 0. The molecule has 0 aromatic carbocycles. The van der Waals surface area contributed by atoms with E-state index in [-0.39, 0.29) is 12.5 Å². The van der Waals surface area contributed by atoms with E-state index in [1.807, 2.05) is 17.2 Å². The number of nitrogens with zero attached hydrogens (tertiary/aromatic N) is 4. The molecule has 0 unspecified atom stereocenters. The summed E-state index contributed by atoms with van der Waals surface area (Å²) in [4.78, 5) is 14.7. The molecule has 1 amide bonds. The fourth-order valence-electron chi connectivity index (χ4n) is 3.56. The summed E-state index contributed by atoms with van der Waals surface area (Å²) in [5.74, 6) is 3.95. The lowest BCUT2D eigenvalue weighted by molar-refractivity contribution is -0.133. The van der Waals surface area contributed by atoms with Gasteiger partial charge in [0, 0.05) is 24.1 Å². The predicted octanol–water partition coefficient (Wildman–Crippen LogP) is 3.06. The molecule has 2 heterocycles. The minimum absolute atomic E-state index is 0.104. The van der Waals surface area contributed by atoms with Crippen molar-refractivity contribution in [2.75, 3.05) is 0 Å². The summed E-state index contributed by atoms with van der Waals surface area (Å²) in [5, 5.41) is 8.32. The van der Waals surface area contributed by atoms with Crippen LogP contribution in [-0.2, 0) is 17.9 Å². The molecule has 25 heavy (non-hydrogen) atoms. The molecular weight excluding hydrogens is 316 g/mol. The summed E-state index contributed by atoms with van der Waals surface area (Å²) in [5.41, 5.74) is 1.03. The SMILES string of the molecule is C[C@@H]1C[C@H]1c1ccc(CN(C(=O)Cn2cc(C3CC3)nn2)C2CC2)o1. The Hall–Kier alpha value is -2.11. The van der Waals surface area contributed by atoms with E-state index < -0.39 is 0 Å². The number of carbonyl (C=O) groups is 1. The van der Waals surface area contributed by atoms with Crippen molar-refractivity contribution in [3.05, 3.63) is 35.5 Å². The van der Waals surface area contributed by atoms with Gasteiger partial charge in [0.2, 0.25) is 5.91 Å². The van der Waals surface area contributed by atoms with Crippen LogP contribution in [0.4, 0.5) is 0 Å². The Bertz CT molecular complexity index is 787. The van der Waals surface area contributed by atoms with Gasteiger partial charge in [-0.2, -0.15) is 0 Å². The fraction of sp³-hybridized carbons (Fsp3) is 0.632. The lowest BCUT2D eigenvalue weighted by Gasteiger charge is -2.21. The fourth-order valence-corrected chi connectivity index (χ4v) is 3.56. The van der Waals surface area contributed by atoms with Gasteiger partial charge in [0.05, 0.1) is 12.2 Å². The molecule has 132 valence electrons. The van der Waals surface area contributed by atoms with E-state index in [9.17, 15) is 4.79 Å². The molecule has 3 saturated carbocycles. The number of hydrogen-bond acceptors (Lipinski definition) is 4. The molecule has 6 nitrogen and oxygen atoms in total. The smallest absolute Gasteiger partial charge is 0.245 e. The Morgan fingerprint density at radius 1 is 1.32 bits per heavy atom. The highest BCUT2D eigenvalue weighted by atomic mass is 16.3. The van der Waals surface area contributed by atoms with Crippen LogP contribution in [0.2, 0.25) is 0 Å². The van der Waals surface area contributed by atoms with Crippen molar-refractivity contribution in [1.29, 1.82) is 0 Å². The van der Waals surface area contributed by atoms with E-state index in [2.05, 4.69) is 23.3 Å². The van der Waals surface area contributed by atoms with Crippen molar-refractivity contribution in [3.8, 4) is 0 Å². The maximum Gasteiger partial charge on any atom is 0.245 e. The highest BCUT2D eigenvalue weighted by molar-refractivity contribution is 5.76. The molecule has 2 atom stereocenters. The van der Waals surface area contributed by atoms with E-state index in [0.717, 1.165) is 36.0 Å². The number of carbonyl (C=O) groups excluding carboxylic acids is 1. The van der Waals surface area contributed by atoms with Gasteiger partial charge < -0.3 is 9.32 Å². The highest BCUT2D eigenvalue weighted by Crippen LogP contribution is 2.47. The van der Waals surface area contributed by atoms with Gasteiger partial charge in [0.1, 0.15) is 18.1 Å². The third-order valence-corrected chi connectivity index (χ3v) is 5.64. The first-order valence-corrected chi connectivity index (χ1v) is 9.45. The maximum atomic E-state index is 12.8. The van der Waals surface area contributed by atoms with Crippen molar-refractivity contribution < 1.29 is 9.21 Å². The Labute approximate surface area is 147 Å². The van der Waals surface area contributed by atoms with Crippen LogP contribution in [0, 0.1) is 5.92 Å². The lowest BCUT2D eigenvalue weighted by atomic mass is 10.3. The van der Waals surface area contributed by atoms with Gasteiger partial charge >= 0.3 is 0 Å². The van der Waals surface area contributed by atoms with Gasteiger partial charge in [0.15, 0.2) is 0 Å². The zero-order valence-corrected chi connectivity index (χ0v) is 14.6. The largest absolute Gasteiger partial charge is 0.464 e. The summed E-state index contributed by atoms with van der Waals surface area (Å²) in [6, 6.07) is 4.47. The molecule has 3 aliphatic rings. The second kappa shape index (κ2) is 5.71. The van der Waals surface area contributed by atoms with E-state index >= 15 is 0 Å².